The molecule has 2 N–H and O–H groups in total. The van der Waals surface area contributed by atoms with Crippen LogP contribution in [0.15, 0.2) is 24.3 Å². The van der Waals surface area contributed by atoms with Crippen LogP contribution in [0, 0.1) is 5.92 Å². The van der Waals surface area contributed by atoms with Crippen LogP contribution in [0.2, 0.25) is 0 Å². The number of hydrogen-bond acceptors (Lipinski definition) is 5. The summed E-state index contributed by atoms with van der Waals surface area (Å²) in [7, 11) is 1.61. The van der Waals surface area contributed by atoms with Crippen LogP contribution in [0.25, 0.3) is 0 Å². The number of carboxylic acids is 1. The van der Waals surface area contributed by atoms with E-state index in [4.69, 9.17) is 14.2 Å². The Labute approximate surface area is 178 Å². The highest BCUT2D eigenvalue weighted by atomic mass is 16.5. The van der Waals surface area contributed by atoms with Gasteiger partial charge < -0.3 is 29.5 Å². The van der Waals surface area contributed by atoms with Gasteiger partial charge in [-0.15, -0.1) is 0 Å². The lowest BCUT2D eigenvalue weighted by Crippen LogP contribution is -2.46. The monoisotopic (exact) mass is 422 g/mol. The van der Waals surface area contributed by atoms with Crippen LogP contribution in [0.4, 0.5) is 4.79 Å². The summed E-state index contributed by atoms with van der Waals surface area (Å²) in [4.78, 5) is 25.5. The van der Waals surface area contributed by atoms with E-state index < -0.39 is 12.1 Å². The van der Waals surface area contributed by atoms with Gasteiger partial charge >= 0.3 is 12.0 Å². The predicted molar refractivity (Wildman–Crippen MR) is 113 cm³/mol. The van der Waals surface area contributed by atoms with Crippen LogP contribution in [0.5, 0.6) is 5.75 Å². The fraction of sp³-hybridized carbons (Fsp3) is 0.636. The zero-order chi connectivity index (χ0) is 21.8. The minimum absolute atomic E-state index is 0.0893. The van der Waals surface area contributed by atoms with E-state index in [9.17, 15) is 14.7 Å². The maximum absolute atomic E-state index is 12.4. The van der Waals surface area contributed by atoms with Crippen molar-refractivity contribution in [3.8, 4) is 5.75 Å². The normalized spacial score (nSPS) is 14.6. The summed E-state index contributed by atoms with van der Waals surface area (Å²) in [6.07, 6.45) is 3.03. The average molecular weight is 423 g/mol. The molecule has 8 heteroatoms. The van der Waals surface area contributed by atoms with E-state index in [1.165, 1.54) is 19.3 Å². The smallest absolute Gasteiger partial charge is 0.333 e. The van der Waals surface area contributed by atoms with Gasteiger partial charge in [0.05, 0.1) is 13.2 Å². The van der Waals surface area contributed by atoms with E-state index in [-0.39, 0.29) is 6.03 Å². The first-order valence-corrected chi connectivity index (χ1v) is 10.6. The Morgan fingerprint density at radius 3 is 2.53 bits per heavy atom. The number of nitrogens with one attached hydrogen (secondary N) is 1. The molecule has 1 aromatic carbocycles. The molecule has 1 saturated carbocycles. The molecule has 0 aromatic heterocycles. The molecule has 8 nitrogen and oxygen atoms in total. The van der Waals surface area contributed by atoms with Gasteiger partial charge in [0, 0.05) is 33.2 Å². The number of aliphatic carboxylic acids is 1. The molecule has 1 aliphatic rings. The van der Waals surface area contributed by atoms with Crippen LogP contribution < -0.4 is 10.1 Å². The fourth-order valence-electron chi connectivity index (χ4n) is 3.26. The third-order valence-corrected chi connectivity index (χ3v) is 5.19. The van der Waals surface area contributed by atoms with Crippen molar-refractivity contribution in [1.82, 2.24) is 10.2 Å². The summed E-state index contributed by atoms with van der Waals surface area (Å²) in [6, 6.07) is 7.22. The SMILES string of the molecule is CCOC(Cc1ccc(OCCN(CC2CCC2)C(=O)NCCOC)cc1)C(=O)O. The van der Waals surface area contributed by atoms with Crippen molar-refractivity contribution in [2.24, 2.45) is 5.92 Å². The lowest BCUT2D eigenvalue weighted by atomic mass is 9.85. The largest absolute Gasteiger partial charge is 0.492 e. The first-order chi connectivity index (χ1) is 14.5. The summed E-state index contributed by atoms with van der Waals surface area (Å²) in [5.41, 5.74) is 0.868. The quantitative estimate of drug-likeness (QED) is 0.447. The summed E-state index contributed by atoms with van der Waals surface area (Å²) in [6.45, 7) is 4.74. The highest BCUT2D eigenvalue weighted by Gasteiger charge is 2.23. The predicted octanol–water partition coefficient (Wildman–Crippen LogP) is 2.56. The van der Waals surface area contributed by atoms with Crippen LogP contribution in [-0.2, 0) is 20.7 Å². The van der Waals surface area contributed by atoms with Crippen LogP contribution in [0.3, 0.4) is 0 Å². The number of methoxy groups -OCH3 is 1. The van der Waals surface area contributed by atoms with Crippen molar-refractivity contribution in [1.29, 1.82) is 0 Å². The van der Waals surface area contributed by atoms with Gasteiger partial charge in [-0.25, -0.2) is 9.59 Å². The second-order valence-electron chi connectivity index (χ2n) is 7.45. The van der Waals surface area contributed by atoms with Crippen LogP contribution in [0.1, 0.15) is 31.7 Å². The highest BCUT2D eigenvalue weighted by molar-refractivity contribution is 5.74. The number of urea groups is 1. The molecular weight excluding hydrogens is 388 g/mol. The average Bonchev–Trinajstić information content (AvgIpc) is 2.70. The van der Waals surface area contributed by atoms with Gasteiger partial charge in [-0.05, 0) is 43.4 Å². The van der Waals surface area contributed by atoms with E-state index in [0.29, 0.717) is 51.0 Å². The summed E-state index contributed by atoms with van der Waals surface area (Å²) in [5, 5.41) is 12.1. The Morgan fingerprint density at radius 1 is 1.23 bits per heavy atom. The van der Waals surface area contributed by atoms with E-state index in [2.05, 4.69) is 5.32 Å². The Morgan fingerprint density at radius 2 is 1.97 bits per heavy atom. The summed E-state index contributed by atoms with van der Waals surface area (Å²) >= 11 is 0. The van der Waals surface area contributed by atoms with Gasteiger partial charge in [-0.3, -0.25) is 0 Å². The minimum atomic E-state index is -0.965. The first-order valence-electron chi connectivity index (χ1n) is 10.6. The number of ether oxygens (including phenoxy) is 3. The molecule has 0 spiro atoms. The Kier molecular flexibility index (Phi) is 10.4. The molecule has 1 aliphatic carbocycles. The van der Waals surface area contributed by atoms with E-state index in [1.54, 1.807) is 14.0 Å². The van der Waals surface area contributed by atoms with Crippen molar-refractivity contribution in [3.05, 3.63) is 29.8 Å². The van der Waals surface area contributed by atoms with Crippen LogP contribution in [-0.4, -0.2) is 74.7 Å². The zero-order valence-corrected chi connectivity index (χ0v) is 18.0. The molecule has 168 valence electrons. The topological polar surface area (TPSA) is 97.3 Å². The van der Waals surface area contributed by atoms with Gasteiger partial charge in [0.2, 0.25) is 0 Å². The lowest BCUT2D eigenvalue weighted by Gasteiger charge is -2.32. The second kappa shape index (κ2) is 13.1. The van der Waals surface area contributed by atoms with Gasteiger partial charge in [0.25, 0.3) is 0 Å². The third-order valence-electron chi connectivity index (χ3n) is 5.19. The minimum Gasteiger partial charge on any atom is -0.492 e. The maximum atomic E-state index is 12.4. The molecule has 1 fully saturated rings. The molecule has 0 saturated heterocycles. The van der Waals surface area contributed by atoms with Crippen molar-refractivity contribution < 1.29 is 28.9 Å². The third kappa shape index (κ3) is 8.20. The highest BCUT2D eigenvalue weighted by Crippen LogP contribution is 2.27. The number of benzene rings is 1. The number of rotatable bonds is 14. The van der Waals surface area contributed by atoms with Crippen molar-refractivity contribution in [2.75, 3.05) is 46.6 Å². The number of hydrogen-bond donors (Lipinski definition) is 2. The molecule has 1 atom stereocenters. The van der Waals surface area contributed by atoms with Gasteiger partial charge in [-0.1, -0.05) is 18.6 Å². The molecule has 1 unspecified atom stereocenters. The molecule has 1 aromatic rings. The van der Waals surface area contributed by atoms with E-state index in [0.717, 1.165) is 12.1 Å². The van der Waals surface area contributed by atoms with E-state index in [1.807, 2.05) is 29.2 Å². The number of carbonyl (C=O) groups excluding carboxylic acids is 1. The number of carboxylic acid groups (broad SMARTS) is 1. The Balaban J connectivity index is 1.81. The Bertz CT molecular complexity index is 648. The maximum Gasteiger partial charge on any atom is 0.333 e. The van der Waals surface area contributed by atoms with E-state index >= 15 is 0 Å². The Hall–Kier alpha value is -2.32. The molecule has 0 heterocycles. The summed E-state index contributed by atoms with van der Waals surface area (Å²) in [5.74, 6) is 0.294. The van der Waals surface area contributed by atoms with Crippen LogP contribution >= 0.6 is 0 Å². The lowest BCUT2D eigenvalue weighted by molar-refractivity contribution is -0.149. The molecule has 0 bridgehead atoms. The van der Waals surface area contributed by atoms with Crippen molar-refractivity contribution >= 4 is 12.0 Å². The standard InChI is InChI=1S/C22H34N2O6/c1-3-29-20(21(25)26)15-17-7-9-19(10-8-17)30-14-12-24(16-18-5-4-6-18)22(27)23-11-13-28-2/h7-10,18,20H,3-6,11-16H2,1-2H3,(H,23,27)(H,25,26). The second-order valence-corrected chi connectivity index (χ2v) is 7.45. The molecule has 2 amide bonds. The van der Waals surface area contributed by atoms with Gasteiger partial charge in [-0.2, -0.15) is 0 Å². The van der Waals surface area contributed by atoms with Crippen molar-refractivity contribution in [3.63, 3.8) is 0 Å². The number of amides is 2. The molecule has 30 heavy (non-hydrogen) atoms. The molecule has 0 aliphatic heterocycles. The number of carbonyl (C=O) groups is 2. The first kappa shape index (κ1) is 24.0. The number of nitrogens with zero attached hydrogens (tertiary/aromatic N) is 1. The molecule has 0 radical (unpaired) electrons. The molecule has 2 rings (SSSR count). The zero-order valence-electron chi connectivity index (χ0n) is 18.0. The van der Waals surface area contributed by atoms with Gasteiger partial charge in [0.15, 0.2) is 6.10 Å². The van der Waals surface area contributed by atoms with Gasteiger partial charge in [0.1, 0.15) is 12.4 Å². The summed E-state index contributed by atoms with van der Waals surface area (Å²) < 4.78 is 16.0. The van der Waals surface area contributed by atoms with Crippen molar-refractivity contribution in [2.45, 2.75) is 38.7 Å². The fourth-order valence-corrected chi connectivity index (χ4v) is 3.26. The molecular formula is C22H34N2O6.